The average Bonchev–Trinajstić information content (AvgIpc) is 2.18. The number of nitrogens with one attached hydrogen (secondary N) is 1. The van der Waals surface area contributed by atoms with E-state index in [0.29, 0.717) is 18.5 Å². The van der Waals surface area contributed by atoms with E-state index in [-0.39, 0.29) is 18.7 Å². The highest BCUT2D eigenvalue weighted by atomic mass is 32.2. The minimum atomic E-state index is -4.13. The summed E-state index contributed by atoms with van der Waals surface area (Å²) in [5.74, 6) is -0.262. The zero-order chi connectivity index (χ0) is 15.3. The van der Waals surface area contributed by atoms with Gasteiger partial charge in [-0.2, -0.15) is 8.42 Å². The highest BCUT2D eigenvalue weighted by molar-refractivity contribution is 7.86. The Morgan fingerprint density at radius 3 is 2.37 bits per heavy atom. The van der Waals surface area contributed by atoms with Crippen LogP contribution in [-0.4, -0.2) is 36.2 Å². The van der Waals surface area contributed by atoms with Gasteiger partial charge in [0.05, 0.1) is 5.25 Å². The molecule has 0 aliphatic carbocycles. The minimum Gasteiger partial charge on any atom is -0.352 e. The van der Waals surface area contributed by atoms with E-state index in [1.807, 2.05) is 0 Å². The maximum absolute atomic E-state index is 11.2. The second kappa shape index (κ2) is 7.02. The van der Waals surface area contributed by atoms with Gasteiger partial charge in [-0.1, -0.05) is 6.58 Å². The van der Waals surface area contributed by atoms with E-state index in [1.165, 1.54) is 0 Å². The first kappa shape index (κ1) is 18.1. The van der Waals surface area contributed by atoms with Crippen LogP contribution in [0.1, 0.15) is 40.0 Å². The summed E-state index contributed by atoms with van der Waals surface area (Å²) in [5, 5.41) is 1.70. The quantitative estimate of drug-likeness (QED) is 0.349. The van der Waals surface area contributed by atoms with Crippen molar-refractivity contribution in [1.82, 2.24) is 5.32 Å². The third-order valence-electron chi connectivity index (χ3n) is 2.55. The lowest BCUT2D eigenvalue weighted by molar-refractivity contribution is -0.117. The Labute approximate surface area is 115 Å². The van der Waals surface area contributed by atoms with Gasteiger partial charge in [-0.05, 0) is 40.0 Å². The Kier molecular flexibility index (Phi) is 6.68. The zero-order valence-corrected chi connectivity index (χ0v) is 12.6. The molecular formula is C12H24N2O4S. The number of hydrogen-bond acceptors (Lipinski definition) is 4. The molecule has 0 saturated carbocycles. The third kappa shape index (κ3) is 8.74. The Hall–Kier alpha value is -0.920. The topological polar surface area (TPSA) is 109 Å². The third-order valence-corrected chi connectivity index (χ3v) is 3.80. The van der Waals surface area contributed by atoms with Gasteiger partial charge in [-0.25, -0.2) is 0 Å². The predicted molar refractivity (Wildman–Crippen MR) is 75.3 cm³/mol. The predicted octanol–water partition coefficient (Wildman–Crippen LogP) is 0.843. The first-order valence-corrected chi connectivity index (χ1v) is 7.62. The molecule has 6 nitrogen and oxygen atoms in total. The van der Waals surface area contributed by atoms with E-state index in [1.54, 1.807) is 20.8 Å². The Bertz CT molecular complexity index is 424. The highest BCUT2D eigenvalue weighted by Gasteiger charge is 2.28. The van der Waals surface area contributed by atoms with Crippen LogP contribution in [0.5, 0.6) is 0 Å². The first-order chi connectivity index (χ1) is 8.43. The molecule has 1 atom stereocenters. The highest BCUT2D eigenvalue weighted by Crippen LogP contribution is 2.18. The van der Waals surface area contributed by atoms with Crippen LogP contribution in [0.15, 0.2) is 12.2 Å². The molecule has 0 saturated heterocycles. The van der Waals surface area contributed by atoms with Crippen molar-refractivity contribution in [1.29, 1.82) is 0 Å². The summed E-state index contributed by atoms with van der Waals surface area (Å²) >= 11 is 0. The minimum absolute atomic E-state index is 0.167. The summed E-state index contributed by atoms with van der Waals surface area (Å²) in [6.07, 6.45) is 0.857. The second-order valence-corrected chi connectivity index (χ2v) is 7.20. The number of rotatable bonds is 8. The van der Waals surface area contributed by atoms with Gasteiger partial charge in [0.25, 0.3) is 10.1 Å². The smallest absolute Gasteiger partial charge is 0.267 e. The van der Waals surface area contributed by atoms with E-state index >= 15 is 0 Å². The Morgan fingerprint density at radius 1 is 1.47 bits per heavy atom. The van der Waals surface area contributed by atoms with E-state index in [4.69, 9.17) is 10.3 Å². The van der Waals surface area contributed by atoms with Gasteiger partial charge >= 0.3 is 0 Å². The number of hydrogen-bond donors (Lipinski definition) is 3. The van der Waals surface area contributed by atoms with Gasteiger partial charge in [0.2, 0.25) is 5.91 Å². The summed E-state index contributed by atoms with van der Waals surface area (Å²) in [6.45, 7) is 8.82. The van der Waals surface area contributed by atoms with E-state index in [2.05, 4.69) is 11.9 Å². The molecule has 0 spiro atoms. The summed E-state index contributed by atoms with van der Waals surface area (Å²) in [7, 11) is -4.13. The molecule has 0 aliphatic rings. The molecule has 1 amide bonds. The molecule has 0 aromatic heterocycles. The van der Waals surface area contributed by atoms with Crippen molar-refractivity contribution in [2.75, 3.05) is 6.54 Å². The van der Waals surface area contributed by atoms with E-state index < -0.39 is 20.9 Å². The van der Waals surface area contributed by atoms with Gasteiger partial charge in [0.1, 0.15) is 0 Å². The lowest BCUT2D eigenvalue weighted by Crippen LogP contribution is -2.39. The van der Waals surface area contributed by atoms with Crippen LogP contribution < -0.4 is 11.1 Å². The molecular weight excluding hydrogens is 268 g/mol. The molecule has 0 aromatic carbocycles. The van der Waals surface area contributed by atoms with E-state index in [9.17, 15) is 13.2 Å². The SMILES string of the molecule is C=C(C)C(=O)NCCCC(CC(C)(C)N)S(=O)(=O)O. The summed E-state index contributed by atoms with van der Waals surface area (Å²) in [4.78, 5) is 11.2. The molecule has 0 rings (SSSR count). The Balaban J connectivity index is 4.31. The number of nitrogens with two attached hydrogens (primary N) is 1. The molecule has 0 radical (unpaired) electrons. The Morgan fingerprint density at radius 2 is 2.00 bits per heavy atom. The fourth-order valence-electron chi connectivity index (χ4n) is 1.63. The largest absolute Gasteiger partial charge is 0.352 e. The van der Waals surface area contributed by atoms with Crippen molar-refractivity contribution >= 4 is 16.0 Å². The molecule has 7 heteroatoms. The van der Waals surface area contributed by atoms with Crippen LogP contribution in [-0.2, 0) is 14.9 Å². The van der Waals surface area contributed by atoms with Crippen LogP contribution in [0.4, 0.5) is 0 Å². The summed E-state index contributed by atoms with van der Waals surface area (Å²) < 4.78 is 31.6. The lowest BCUT2D eigenvalue weighted by Gasteiger charge is -2.24. The van der Waals surface area contributed by atoms with Crippen molar-refractivity contribution < 1.29 is 17.8 Å². The van der Waals surface area contributed by atoms with Gasteiger partial charge < -0.3 is 11.1 Å². The molecule has 0 heterocycles. The van der Waals surface area contributed by atoms with Crippen LogP contribution in [0, 0.1) is 0 Å². The van der Waals surface area contributed by atoms with Crippen LogP contribution in [0.3, 0.4) is 0 Å². The number of carbonyl (C=O) groups is 1. The van der Waals surface area contributed by atoms with Crippen molar-refractivity contribution in [3.05, 3.63) is 12.2 Å². The average molecular weight is 292 g/mol. The zero-order valence-electron chi connectivity index (χ0n) is 11.8. The monoisotopic (exact) mass is 292 g/mol. The van der Waals surface area contributed by atoms with Crippen LogP contribution in [0.25, 0.3) is 0 Å². The molecule has 0 fully saturated rings. The normalized spacial score (nSPS) is 13.9. The fraction of sp³-hybridized carbons (Fsp3) is 0.750. The maximum atomic E-state index is 11.2. The molecule has 0 bridgehead atoms. The molecule has 0 aromatic rings. The van der Waals surface area contributed by atoms with Gasteiger partial charge in [0, 0.05) is 17.7 Å². The van der Waals surface area contributed by atoms with Crippen LogP contribution >= 0.6 is 0 Å². The first-order valence-electron chi connectivity index (χ1n) is 6.12. The fourth-order valence-corrected chi connectivity index (χ4v) is 2.73. The van der Waals surface area contributed by atoms with Crippen molar-refractivity contribution in [3.63, 3.8) is 0 Å². The standard InChI is InChI=1S/C12H24N2O4S/c1-9(2)11(15)14-7-5-6-10(19(16,17)18)8-12(3,4)13/h10H,1,5-8,13H2,2-4H3,(H,14,15)(H,16,17,18). The maximum Gasteiger partial charge on any atom is 0.267 e. The van der Waals surface area contributed by atoms with Gasteiger partial charge in [0.15, 0.2) is 0 Å². The molecule has 0 aliphatic heterocycles. The summed E-state index contributed by atoms with van der Waals surface area (Å²) in [5.41, 5.74) is 5.49. The van der Waals surface area contributed by atoms with Crippen molar-refractivity contribution in [3.8, 4) is 0 Å². The second-order valence-electron chi connectivity index (χ2n) is 5.51. The van der Waals surface area contributed by atoms with Gasteiger partial charge in [-0.3, -0.25) is 9.35 Å². The lowest BCUT2D eigenvalue weighted by atomic mass is 9.97. The summed E-state index contributed by atoms with van der Waals surface area (Å²) in [6, 6.07) is 0. The number of carbonyl (C=O) groups excluding carboxylic acids is 1. The molecule has 1 unspecified atom stereocenters. The molecule has 4 N–H and O–H groups in total. The molecule has 112 valence electrons. The van der Waals surface area contributed by atoms with Crippen molar-refractivity contribution in [2.45, 2.75) is 50.8 Å². The molecule has 19 heavy (non-hydrogen) atoms. The van der Waals surface area contributed by atoms with Crippen molar-refractivity contribution in [2.24, 2.45) is 5.73 Å². The van der Waals surface area contributed by atoms with Crippen LogP contribution in [0.2, 0.25) is 0 Å². The van der Waals surface area contributed by atoms with Gasteiger partial charge in [-0.15, -0.1) is 0 Å². The van der Waals surface area contributed by atoms with E-state index in [0.717, 1.165) is 0 Å². The number of amides is 1.